The normalized spacial score (nSPS) is 15.0. The van der Waals surface area contributed by atoms with E-state index in [4.69, 9.17) is 9.84 Å². The van der Waals surface area contributed by atoms with E-state index in [1.54, 1.807) is 37.6 Å². The van der Waals surface area contributed by atoms with Crippen LogP contribution in [0, 0.1) is 0 Å². The van der Waals surface area contributed by atoms with Crippen LogP contribution < -0.4 is 15.2 Å². The number of carbonyl (C=O) groups is 1. The summed E-state index contributed by atoms with van der Waals surface area (Å²) in [6.45, 7) is 0. The zero-order chi connectivity index (χ0) is 25.6. The van der Waals surface area contributed by atoms with E-state index in [1.165, 1.54) is 5.56 Å². The summed E-state index contributed by atoms with van der Waals surface area (Å²) in [4.78, 5) is 12.3. The van der Waals surface area contributed by atoms with Crippen LogP contribution in [0.1, 0.15) is 39.5 Å². The zero-order valence-corrected chi connectivity index (χ0v) is 21.8. The molecule has 0 aromatic heterocycles. The van der Waals surface area contributed by atoms with Gasteiger partial charge in [-0.1, -0.05) is 70.5 Å². The van der Waals surface area contributed by atoms with Crippen LogP contribution in [0.5, 0.6) is 5.75 Å². The Hall–Kier alpha value is -4.23. The van der Waals surface area contributed by atoms with Crippen molar-refractivity contribution >= 4 is 39.5 Å². The third kappa shape index (κ3) is 5.78. The molecular formula is C30H25BrN4O2. The number of rotatable bonds is 7. The number of halogens is 1. The molecule has 1 heterocycles. The van der Waals surface area contributed by atoms with Crippen LogP contribution in [0.4, 0.5) is 5.69 Å². The first-order valence-electron chi connectivity index (χ1n) is 11.9. The minimum Gasteiger partial charge on any atom is -0.497 e. The Morgan fingerprint density at radius 3 is 2.35 bits per heavy atom. The lowest BCUT2D eigenvalue weighted by Crippen LogP contribution is -2.18. The Morgan fingerprint density at radius 1 is 0.973 bits per heavy atom. The summed E-state index contributed by atoms with van der Waals surface area (Å²) in [5.74, 6) is 0.411. The quantitative estimate of drug-likeness (QED) is 0.208. The lowest BCUT2D eigenvalue weighted by atomic mass is 9.98. The molecule has 0 aliphatic carbocycles. The second-order valence-electron chi connectivity index (χ2n) is 8.55. The molecule has 1 atom stereocenters. The van der Waals surface area contributed by atoms with Crippen LogP contribution >= 0.6 is 15.9 Å². The van der Waals surface area contributed by atoms with Crippen molar-refractivity contribution in [1.29, 1.82) is 0 Å². The van der Waals surface area contributed by atoms with Crippen molar-refractivity contribution < 1.29 is 9.53 Å². The molecule has 4 aromatic rings. The van der Waals surface area contributed by atoms with Gasteiger partial charge in [0.1, 0.15) is 5.75 Å². The fraction of sp³-hybridized carbons (Fsp3) is 0.100. The van der Waals surface area contributed by atoms with E-state index in [0.717, 1.165) is 33.4 Å². The van der Waals surface area contributed by atoms with Gasteiger partial charge in [-0.25, -0.2) is 5.43 Å². The largest absolute Gasteiger partial charge is 0.497 e. The summed E-state index contributed by atoms with van der Waals surface area (Å²) < 4.78 is 6.17. The molecule has 0 radical (unpaired) electrons. The number of hydrogen-bond donors (Lipinski definition) is 1. The second-order valence-corrected chi connectivity index (χ2v) is 9.46. The fourth-order valence-electron chi connectivity index (χ4n) is 4.18. The minimum atomic E-state index is -0.285. The van der Waals surface area contributed by atoms with E-state index in [9.17, 15) is 4.79 Å². The maximum Gasteiger partial charge on any atom is 0.271 e. The van der Waals surface area contributed by atoms with E-state index in [1.807, 2.05) is 42.5 Å². The van der Waals surface area contributed by atoms with Gasteiger partial charge >= 0.3 is 0 Å². The number of anilines is 1. The molecule has 0 unspecified atom stereocenters. The highest BCUT2D eigenvalue weighted by atomic mass is 79.9. The lowest BCUT2D eigenvalue weighted by molar-refractivity contribution is 0.0955. The Bertz CT molecular complexity index is 1420. The monoisotopic (exact) mass is 552 g/mol. The highest BCUT2D eigenvalue weighted by molar-refractivity contribution is 9.10. The Labute approximate surface area is 224 Å². The van der Waals surface area contributed by atoms with Gasteiger partial charge in [0, 0.05) is 16.5 Å². The first-order chi connectivity index (χ1) is 18.1. The lowest BCUT2D eigenvalue weighted by Gasteiger charge is -2.24. The standard InChI is InChI=1S/C30H25BrN4O2/c1-37-27-17-11-24(12-18-27)30(36)33-32-20-21-7-15-26(16-8-21)35-29(23-9-13-25(31)14-10-23)19-28(34-35)22-5-3-2-4-6-22/h2-18,20,29H,19H2,1H3,(H,33,36)/b32-20-/t29-/m1/s1. The number of ether oxygens (including phenoxy) is 1. The number of hydrazone groups is 2. The maximum absolute atomic E-state index is 12.3. The predicted molar refractivity (Wildman–Crippen MR) is 151 cm³/mol. The number of methoxy groups -OCH3 is 1. The Balaban J connectivity index is 1.32. The number of carbonyl (C=O) groups excluding carboxylic acids is 1. The molecule has 0 saturated heterocycles. The molecule has 0 saturated carbocycles. The van der Waals surface area contributed by atoms with Crippen LogP contribution in [0.25, 0.3) is 0 Å². The number of nitrogens with one attached hydrogen (secondary N) is 1. The van der Waals surface area contributed by atoms with Crippen molar-refractivity contribution in [1.82, 2.24) is 5.43 Å². The number of benzene rings is 4. The van der Waals surface area contributed by atoms with Gasteiger partial charge in [-0.15, -0.1) is 0 Å². The average molecular weight is 553 g/mol. The first-order valence-corrected chi connectivity index (χ1v) is 12.6. The van der Waals surface area contributed by atoms with E-state index in [-0.39, 0.29) is 11.9 Å². The third-order valence-electron chi connectivity index (χ3n) is 6.16. The van der Waals surface area contributed by atoms with Crippen molar-refractivity contribution in [3.05, 3.63) is 130 Å². The summed E-state index contributed by atoms with van der Waals surface area (Å²) in [5.41, 5.74) is 8.31. The van der Waals surface area contributed by atoms with Crippen LogP contribution in [0.3, 0.4) is 0 Å². The topological polar surface area (TPSA) is 66.3 Å². The van der Waals surface area contributed by atoms with Gasteiger partial charge in [0.15, 0.2) is 0 Å². The average Bonchev–Trinajstić information content (AvgIpc) is 3.40. The molecule has 1 aliphatic heterocycles. The summed E-state index contributed by atoms with van der Waals surface area (Å²) in [7, 11) is 1.59. The summed E-state index contributed by atoms with van der Waals surface area (Å²) in [6, 6.07) is 33.6. The van der Waals surface area contributed by atoms with Gasteiger partial charge in [0.2, 0.25) is 0 Å². The number of nitrogens with zero attached hydrogens (tertiary/aromatic N) is 3. The van der Waals surface area contributed by atoms with Gasteiger partial charge in [-0.2, -0.15) is 10.2 Å². The molecule has 0 bridgehead atoms. The predicted octanol–water partition coefficient (Wildman–Crippen LogP) is 6.58. The highest BCUT2D eigenvalue weighted by Gasteiger charge is 2.29. The van der Waals surface area contributed by atoms with Crippen LogP contribution in [0.15, 0.2) is 118 Å². The smallest absolute Gasteiger partial charge is 0.271 e. The highest BCUT2D eigenvalue weighted by Crippen LogP contribution is 2.37. The molecule has 1 amide bonds. The minimum absolute atomic E-state index is 0.0895. The van der Waals surface area contributed by atoms with E-state index in [0.29, 0.717) is 11.3 Å². The summed E-state index contributed by atoms with van der Waals surface area (Å²) >= 11 is 3.53. The second kappa shape index (κ2) is 11.2. The van der Waals surface area contributed by atoms with Crippen molar-refractivity contribution in [2.75, 3.05) is 12.1 Å². The van der Waals surface area contributed by atoms with Crippen molar-refractivity contribution in [3.8, 4) is 5.75 Å². The fourth-order valence-corrected chi connectivity index (χ4v) is 4.45. The molecular weight excluding hydrogens is 528 g/mol. The first kappa shape index (κ1) is 24.5. The molecule has 5 rings (SSSR count). The van der Waals surface area contributed by atoms with Gasteiger partial charge < -0.3 is 4.74 Å². The molecule has 0 spiro atoms. The molecule has 6 nitrogen and oxygen atoms in total. The van der Waals surface area contributed by atoms with Crippen molar-refractivity contribution in [3.63, 3.8) is 0 Å². The van der Waals surface area contributed by atoms with Gasteiger partial charge in [0.25, 0.3) is 5.91 Å². The summed E-state index contributed by atoms with van der Waals surface area (Å²) in [5, 5.41) is 11.2. The van der Waals surface area contributed by atoms with E-state index in [2.05, 4.69) is 67.9 Å². The molecule has 0 fully saturated rings. The third-order valence-corrected chi connectivity index (χ3v) is 6.69. The van der Waals surface area contributed by atoms with E-state index >= 15 is 0 Å². The molecule has 4 aromatic carbocycles. The SMILES string of the molecule is COc1ccc(C(=O)N/N=C\c2ccc(N3N=C(c4ccccc4)C[C@@H]3c3ccc(Br)cc3)cc2)cc1. The van der Waals surface area contributed by atoms with Gasteiger partial charge in [-0.05, 0) is 65.2 Å². The van der Waals surface area contributed by atoms with Crippen molar-refractivity contribution in [2.45, 2.75) is 12.5 Å². The van der Waals surface area contributed by atoms with Crippen LogP contribution in [-0.2, 0) is 0 Å². The molecule has 1 aliphatic rings. The Morgan fingerprint density at radius 2 is 1.68 bits per heavy atom. The molecule has 1 N–H and O–H groups in total. The maximum atomic E-state index is 12.3. The van der Waals surface area contributed by atoms with Crippen LogP contribution in [-0.4, -0.2) is 24.9 Å². The van der Waals surface area contributed by atoms with E-state index < -0.39 is 0 Å². The van der Waals surface area contributed by atoms with Gasteiger partial charge in [-0.3, -0.25) is 9.80 Å². The van der Waals surface area contributed by atoms with Gasteiger partial charge in [0.05, 0.1) is 30.8 Å². The van der Waals surface area contributed by atoms with Crippen molar-refractivity contribution in [2.24, 2.45) is 10.2 Å². The summed E-state index contributed by atoms with van der Waals surface area (Å²) in [6.07, 6.45) is 2.44. The molecule has 7 heteroatoms. The Kier molecular flexibility index (Phi) is 7.42. The zero-order valence-electron chi connectivity index (χ0n) is 20.2. The van der Waals surface area contributed by atoms with Crippen LogP contribution in [0.2, 0.25) is 0 Å². The number of amides is 1. The molecule has 184 valence electrons. The molecule has 37 heavy (non-hydrogen) atoms. The number of hydrogen-bond acceptors (Lipinski definition) is 5.